The topological polar surface area (TPSA) is 93.7 Å². The van der Waals surface area contributed by atoms with Crippen LogP contribution in [0.25, 0.3) is 0 Å². The lowest BCUT2D eigenvalue weighted by atomic mass is 10.1. The summed E-state index contributed by atoms with van der Waals surface area (Å²) >= 11 is 0. The average molecular weight is 318 g/mol. The summed E-state index contributed by atoms with van der Waals surface area (Å²) < 4.78 is 9.14. The summed E-state index contributed by atoms with van der Waals surface area (Å²) in [5, 5.41) is 5.41. The summed E-state index contributed by atoms with van der Waals surface area (Å²) in [5.41, 5.74) is -0.438. The molecule has 0 aliphatic carbocycles. The SMILES string of the molecule is CC(=O)OCC(=O)NC(C)(C)C.COCC(=O)NC(C)(C)C. The molecule has 0 unspecified atom stereocenters. The number of nitrogens with one attached hydrogen (secondary N) is 2. The molecule has 22 heavy (non-hydrogen) atoms. The van der Waals surface area contributed by atoms with Crippen molar-refractivity contribution in [1.29, 1.82) is 0 Å². The monoisotopic (exact) mass is 318 g/mol. The van der Waals surface area contributed by atoms with E-state index >= 15 is 0 Å². The van der Waals surface area contributed by atoms with Gasteiger partial charge in [-0.1, -0.05) is 0 Å². The maximum absolute atomic E-state index is 11.0. The lowest BCUT2D eigenvalue weighted by molar-refractivity contribution is -0.146. The fourth-order valence-electron chi connectivity index (χ4n) is 1.21. The van der Waals surface area contributed by atoms with Gasteiger partial charge in [-0.05, 0) is 41.5 Å². The van der Waals surface area contributed by atoms with Gasteiger partial charge in [0.05, 0.1) is 0 Å². The standard InChI is InChI=1S/C8H15NO3.C7H15NO2/c1-6(10)12-5-7(11)9-8(2,3)4;1-7(2,3)8-6(9)5-10-4/h5H2,1-4H3,(H,9,11);5H2,1-4H3,(H,8,9). The highest BCUT2D eigenvalue weighted by atomic mass is 16.5. The van der Waals surface area contributed by atoms with Crippen LogP contribution in [0, 0.1) is 0 Å². The summed E-state index contributed by atoms with van der Waals surface area (Å²) in [6.07, 6.45) is 0. The second-order valence-corrected chi connectivity index (χ2v) is 6.81. The van der Waals surface area contributed by atoms with Gasteiger partial charge in [-0.3, -0.25) is 14.4 Å². The molecule has 0 heterocycles. The predicted octanol–water partition coefficient (Wildman–Crippen LogP) is 1.01. The number of hydrogen-bond acceptors (Lipinski definition) is 5. The highest BCUT2D eigenvalue weighted by molar-refractivity contribution is 5.80. The number of methoxy groups -OCH3 is 1. The number of amides is 2. The minimum Gasteiger partial charge on any atom is -0.456 e. The molecule has 2 N–H and O–H groups in total. The number of carbonyl (C=O) groups is 3. The summed E-state index contributed by atoms with van der Waals surface area (Å²) in [6.45, 7) is 12.6. The molecule has 7 heteroatoms. The average Bonchev–Trinajstić information content (AvgIpc) is 2.22. The van der Waals surface area contributed by atoms with Gasteiger partial charge in [0.1, 0.15) is 6.61 Å². The summed E-state index contributed by atoms with van der Waals surface area (Å²) in [5.74, 6) is -0.799. The molecular weight excluding hydrogens is 288 g/mol. The Morgan fingerprint density at radius 1 is 0.818 bits per heavy atom. The molecule has 0 spiro atoms. The summed E-state index contributed by atoms with van der Waals surface area (Å²) in [7, 11) is 1.50. The molecule has 0 atom stereocenters. The van der Waals surface area contributed by atoms with Crippen LogP contribution in [0.1, 0.15) is 48.5 Å². The fraction of sp³-hybridized carbons (Fsp3) is 0.800. The first-order valence-electron chi connectivity index (χ1n) is 7.01. The second-order valence-electron chi connectivity index (χ2n) is 6.81. The van der Waals surface area contributed by atoms with E-state index in [-0.39, 0.29) is 36.1 Å². The Kier molecular flexibility index (Phi) is 10.5. The molecule has 0 aromatic rings. The Morgan fingerprint density at radius 3 is 1.45 bits per heavy atom. The molecule has 0 bridgehead atoms. The molecule has 0 rings (SSSR count). The van der Waals surface area contributed by atoms with E-state index in [1.54, 1.807) is 0 Å². The van der Waals surface area contributed by atoms with Crippen LogP contribution in [0.2, 0.25) is 0 Å². The second kappa shape index (κ2) is 10.2. The third-order valence-electron chi connectivity index (χ3n) is 1.71. The molecule has 0 aromatic carbocycles. The largest absolute Gasteiger partial charge is 0.456 e. The van der Waals surface area contributed by atoms with Crippen LogP contribution in [0.15, 0.2) is 0 Å². The van der Waals surface area contributed by atoms with Gasteiger partial charge in [0.15, 0.2) is 6.61 Å². The molecule has 130 valence electrons. The van der Waals surface area contributed by atoms with Gasteiger partial charge in [0.2, 0.25) is 5.91 Å². The molecule has 0 fully saturated rings. The Balaban J connectivity index is 0. The van der Waals surface area contributed by atoms with Crippen molar-refractivity contribution in [2.75, 3.05) is 20.3 Å². The van der Waals surface area contributed by atoms with E-state index in [9.17, 15) is 14.4 Å². The van der Waals surface area contributed by atoms with Crippen molar-refractivity contribution in [1.82, 2.24) is 10.6 Å². The first-order valence-corrected chi connectivity index (χ1v) is 7.01. The highest BCUT2D eigenvalue weighted by Gasteiger charge is 2.14. The van der Waals surface area contributed by atoms with Gasteiger partial charge in [-0.25, -0.2) is 0 Å². The Bertz CT molecular complexity index is 367. The van der Waals surface area contributed by atoms with E-state index in [2.05, 4.69) is 20.1 Å². The van der Waals surface area contributed by atoms with Crippen molar-refractivity contribution in [2.24, 2.45) is 0 Å². The van der Waals surface area contributed by atoms with Crippen LogP contribution in [0.3, 0.4) is 0 Å². The van der Waals surface area contributed by atoms with Crippen LogP contribution in [0.4, 0.5) is 0 Å². The molecule has 0 aliphatic rings. The molecule has 0 saturated heterocycles. The zero-order valence-corrected chi connectivity index (χ0v) is 15.0. The van der Waals surface area contributed by atoms with Crippen LogP contribution in [-0.4, -0.2) is 49.2 Å². The molecule has 7 nitrogen and oxygen atoms in total. The maximum atomic E-state index is 11.0. The van der Waals surface area contributed by atoms with E-state index in [1.165, 1.54) is 14.0 Å². The van der Waals surface area contributed by atoms with Gasteiger partial charge in [0.25, 0.3) is 5.91 Å². The lowest BCUT2D eigenvalue weighted by Gasteiger charge is -2.19. The number of ether oxygens (including phenoxy) is 2. The van der Waals surface area contributed by atoms with Crippen molar-refractivity contribution in [3.8, 4) is 0 Å². The van der Waals surface area contributed by atoms with Gasteiger partial charge in [-0.2, -0.15) is 0 Å². The van der Waals surface area contributed by atoms with E-state index in [1.807, 2.05) is 41.5 Å². The summed E-state index contributed by atoms with van der Waals surface area (Å²) in [4.78, 5) is 32.1. The number of carbonyl (C=O) groups excluding carboxylic acids is 3. The third kappa shape index (κ3) is 20.7. The predicted molar refractivity (Wildman–Crippen MR) is 84.3 cm³/mol. The normalized spacial score (nSPS) is 10.9. The van der Waals surface area contributed by atoms with Gasteiger partial charge >= 0.3 is 5.97 Å². The van der Waals surface area contributed by atoms with Gasteiger partial charge in [-0.15, -0.1) is 0 Å². The maximum Gasteiger partial charge on any atom is 0.303 e. The van der Waals surface area contributed by atoms with Crippen molar-refractivity contribution in [2.45, 2.75) is 59.5 Å². The van der Waals surface area contributed by atoms with E-state index < -0.39 is 5.97 Å². The zero-order valence-electron chi connectivity index (χ0n) is 15.0. The van der Waals surface area contributed by atoms with Crippen LogP contribution in [0.5, 0.6) is 0 Å². The summed E-state index contributed by atoms with van der Waals surface area (Å²) in [6, 6.07) is 0. The van der Waals surface area contributed by atoms with Gasteiger partial charge in [0, 0.05) is 25.1 Å². The minimum absolute atomic E-state index is 0.0741. The number of hydrogen-bond donors (Lipinski definition) is 2. The molecule has 0 saturated carbocycles. The quantitative estimate of drug-likeness (QED) is 0.755. The number of rotatable bonds is 4. The van der Waals surface area contributed by atoms with E-state index in [0.29, 0.717) is 0 Å². The first kappa shape index (κ1) is 22.6. The van der Waals surface area contributed by atoms with Crippen LogP contribution in [-0.2, 0) is 23.9 Å². The van der Waals surface area contributed by atoms with E-state index in [0.717, 1.165) is 0 Å². The molecule has 0 radical (unpaired) electrons. The van der Waals surface area contributed by atoms with Crippen LogP contribution < -0.4 is 10.6 Å². The van der Waals surface area contributed by atoms with Crippen LogP contribution >= 0.6 is 0 Å². The third-order valence-corrected chi connectivity index (χ3v) is 1.71. The van der Waals surface area contributed by atoms with Crippen molar-refractivity contribution in [3.05, 3.63) is 0 Å². The molecular formula is C15H30N2O5. The van der Waals surface area contributed by atoms with Crippen molar-refractivity contribution < 1.29 is 23.9 Å². The minimum atomic E-state index is -0.445. The lowest BCUT2D eigenvalue weighted by Crippen LogP contribution is -2.42. The van der Waals surface area contributed by atoms with Gasteiger partial charge < -0.3 is 20.1 Å². The Morgan fingerprint density at radius 2 is 1.18 bits per heavy atom. The Labute approximate surface area is 133 Å². The first-order chi connectivity index (χ1) is 9.76. The highest BCUT2D eigenvalue weighted by Crippen LogP contribution is 1.98. The molecule has 0 aromatic heterocycles. The smallest absolute Gasteiger partial charge is 0.303 e. The van der Waals surface area contributed by atoms with E-state index in [4.69, 9.17) is 0 Å². The molecule has 2 amide bonds. The number of esters is 1. The fourth-order valence-corrected chi connectivity index (χ4v) is 1.21. The van der Waals surface area contributed by atoms with Crippen molar-refractivity contribution in [3.63, 3.8) is 0 Å². The van der Waals surface area contributed by atoms with Crippen molar-refractivity contribution >= 4 is 17.8 Å². The zero-order chi connectivity index (χ0) is 18.0. The Hall–Kier alpha value is -1.63. The molecule has 0 aliphatic heterocycles.